The summed E-state index contributed by atoms with van der Waals surface area (Å²) >= 11 is 5.72. The molecule has 1 aromatic carbocycles. The number of nitrogen functional groups attached to an aromatic ring is 1. The average Bonchev–Trinajstić information content (AvgIpc) is 1.94. The van der Waals surface area contributed by atoms with Crippen molar-refractivity contribution < 1.29 is 5.11 Å². The average molecular weight is 173 g/mol. The van der Waals surface area contributed by atoms with Crippen LogP contribution < -0.4 is 11.5 Å². The van der Waals surface area contributed by atoms with E-state index in [0.717, 1.165) is 0 Å². The Kier molecular flexibility index (Phi) is 2.34. The van der Waals surface area contributed by atoms with E-state index in [2.05, 4.69) is 0 Å². The quantitative estimate of drug-likeness (QED) is 0.435. The number of hydrogen-bond donors (Lipinski definition) is 3. The summed E-state index contributed by atoms with van der Waals surface area (Å²) in [5.74, 6) is 0. The highest BCUT2D eigenvalue weighted by atomic mass is 35.5. The van der Waals surface area contributed by atoms with Gasteiger partial charge >= 0.3 is 0 Å². The minimum absolute atomic E-state index is 0.322. The van der Waals surface area contributed by atoms with Crippen molar-refractivity contribution in [2.75, 3.05) is 5.73 Å². The van der Waals surface area contributed by atoms with Gasteiger partial charge in [0, 0.05) is 5.56 Å². The van der Waals surface area contributed by atoms with E-state index in [9.17, 15) is 0 Å². The molecule has 1 aromatic rings. The normalized spacial score (nSPS) is 13.0. The molecule has 0 aliphatic carbocycles. The summed E-state index contributed by atoms with van der Waals surface area (Å²) in [7, 11) is 0. The molecular weight excluding hydrogens is 164 g/mol. The minimum Gasteiger partial charge on any atom is -0.398 e. The van der Waals surface area contributed by atoms with Gasteiger partial charge in [-0.05, 0) is 6.07 Å². The Morgan fingerprint density at radius 3 is 2.55 bits per heavy atom. The number of anilines is 1. The number of benzene rings is 1. The zero-order valence-corrected chi connectivity index (χ0v) is 6.55. The topological polar surface area (TPSA) is 72.3 Å². The Morgan fingerprint density at radius 1 is 1.45 bits per heavy atom. The van der Waals surface area contributed by atoms with Crippen LogP contribution in [0, 0.1) is 0 Å². The van der Waals surface area contributed by atoms with E-state index in [1.165, 1.54) is 0 Å². The maximum Gasteiger partial charge on any atom is 0.130 e. The molecule has 5 N–H and O–H groups in total. The molecule has 0 bridgehead atoms. The predicted octanol–water partition coefficient (Wildman–Crippen LogP) is 0.872. The highest BCUT2D eigenvalue weighted by molar-refractivity contribution is 6.33. The fourth-order valence-electron chi connectivity index (χ4n) is 0.797. The van der Waals surface area contributed by atoms with Crippen LogP contribution in [0.1, 0.15) is 11.8 Å². The maximum atomic E-state index is 8.97. The van der Waals surface area contributed by atoms with E-state index in [0.29, 0.717) is 16.3 Å². The molecule has 0 spiro atoms. The van der Waals surface area contributed by atoms with E-state index in [-0.39, 0.29) is 0 Å². The molecule has 0 aliphatic rings. The first-order chi connectivity index (χ1) is 5.13. The number of halogens is 1. The highest BCUT2D eigenvalue weighted by Gasteiger charge is 2.07. The van der Waals surface area contributed by atoms with Crippen LogP contribution in [0.25, 0.3) is 0 Å². The van der Waals surface area contributed by atoms with Gasteiger partial charge in [-0.1, -0.05) is 23.7 Å². The third-order valence-electron chi connectivity index (χ3n) is 1.38. The molecule has 60 valence electrons. The SMILES string of the molecule is Nc1cccc(C(N)O)c1Cl. The summed E-state index contributed by atoms with van der Waals surface area (Å²) in [6.45, 7) is 0. The molecule has 1 atom stereocenters. The van der Waals surface area contributed by atoms with Crippen LogP contribution in [0.2, 0.25) is 5.02 Å². The fraction of sp³-hybridized carbons (Fsp3) is 0.143. The van der Waals surface area contributed by atoms with E-state index in [4.69, 9.17) is 28.2 Å². The molecule has 0 amide bonds. The summed E-state index contributed by atoms with van der Waals surface area (Å²) < 4.78 is 0. The smallest absolute Gasteiger partial charge is 0.130 e. The molecule has 1 unspecified atom stereocenters. The molecular formula is C7H9ClN2O. The lowest BCUT2D eigenvalue weighted by Crippen LogP contribution is -2.09. The van der Waals surface area contributed by atoms with Crippen molar-refractivity contribution >= 4 is 17.3 Å². The van der Waals surface area contributed by atoms with E-state index in [1.54, 1.807) is 18.2 Å². The molecule has 0 fully saturated rings. The second-order valence-corrected chi connectivity index (χ2v) is 2.57. The highest BCUT2D eigenvalue weighted by Crippen LogP contribution is 2.25. The third kappa shape index (κ3) is 1.63. The van der Waals surface area contributed by atoms with Gasteiger partial charge in [0.15, 0.2) is 0 Å². The second-order valence-electron chi connectivity index (χ2n) is 2.20. The van der Waals surface area contributed by atoms with Crippen molar-refractivity contribution in [3.05, 3.63) is 28.8 Å². The van der Waals surface area contributed by atoms with Gasteiger partial charge in [-0.25, -0.2) is 0 Å². The number of nitrogens with two attached hydrogens (primary N) is 2. The first-order valence-corrected chi connectivity index (χ1v) is 3.48. The molecule has 11 heavy (non-hydrogen) atoms. The molecule has 0 aliphatic heterocycles. The van der Waals surface area contributed by atoms with Gasteiger partial charge in [-0.3, -0.25) is 0 Å². The van der Waals surface area contributed by atoms with Crippen LogP contribution in [-0.2, 0) is 0 Å². The molecule has 0 radical (unpaired) electrons. The summed E-state index contributed by atoms with van der Waals surface area (Å²) in [6.07, 6.45) is -1.06. The number of aliphatic hydroxyl groups is 1. The van der Waals surface area contributed by atoms with Crippen molar-refractivity contribution in [2.45, 2.75) is 6.23 Å². The van der Waals surface area contributed by atoms with Crippen molar-refractivity contribution in [1.29, 1.82) is 0 Å². The van der Waals surface area contributed by atoms with Gasteiger partial charge in [0.1, 0.15) is 6.23 Å². The Hall–Kier alpha value is -0.770. The fourth-order valence-corrected chi connectivity index (χ4v) is 1.03. The van der Waals surface area contributed by atoms with Crippen molar-refractivity contribution in [1.82, 2.24) is 0 Å². The lowest BCUT2D eigenvalue weighted by molar-refractivity contribution is 0.186. The summed E-state index contributed by atoms with van der Waals surface area (Å²) in [5.41, 5.74) is 11.5. The number of rotatable bonds is 1. The minimum atomic E-state index is -1.06. The Balaban J connectivity index is 3.17. The molecule has 1 rings (SSSR count). The number of aliphatic hydroxyl groups excluding tert-OH is 1. The van der Waals surface area contributed by atoms with Gasteiger partial charge in [-0.2, -0.15) is 0 Å². The van der Waals surface area contributed by atoms with E-state index < -0.39 is 6.23 Å². The second kappa shape index (κ2) is 3.09. The van der Waals surface area contributed by atoms with E-state index >= 15 is 0 Å². The van der Waals surface area contributed by atoms with Crippen LogP contribution in [0.3, 0.4) is 0 Å². The van der Waals surface area contributed by atoms with Gasteiger partial charge in [0.05, 0.1) is 10.7 Å². The van der Waals surface area contributed by atoms with Gasteiger partial charge in [0.2, 0.25) is 0 Å². The summed E-state index contributed by atoms with van der Waals surface area (Å²) in [4.78, 5) is 0. The van der Waals surface area contributed by atoms with Crippen molar-refractivity contribution in [3.63, 3.8) is 0 Å². The van der Waals surface area contributed by atoms with Crippen LogP contribution in [-0.4, -0.2) is 5.11 Å². The van der Waals surface area contributed by atoms with Crippen molar-refractivity contribution in [3.8, 4) is 0 Å². The molecule has 0 heterocycles. The first-order valence-electron chi connectivity index (χ1n) is 3.10. The van der Waals surface area contributed by atoms with E-state index in [1.807, 2.05) is 0 Å². The monoisotopic (exact) mass is 172 g/mol. The van der Waals surface area contributed by atoms with Gasteiger partial charge < -0.3 is 16.6 Å². The zero-order chi connectivity index (χ0) is 8.43. The van der Waals surface area contributed by atoms with Gasteiger partial charge in [-0.15, -0.1) is 0 Å². The molecule has 0 saturated heterocycles. The Bertz CT molecular complexity index is 263. The number of hydrogen-bond acceptors (Lipinski definition) is 3. The lowest BCUT2D eigenvalue weighted by Gasteiger charge is -2.07. The zero-order valence-electron chi connectivity index (χ0n) is 5.79. The summed E-state index contributed by atoms with van der Waals surface area (Å²) in [5, 5.41) is 9.29. The molecule has 3 nitrogen and oxygen atoms in total. The maximum absolute atomic E-state index is 8.97. The first kappa shape index (κ1) is 8.33. The Labute approximate surface area is 69.6 Å². The molecule has 0 saturated carbocycles. The molecule has 4 heteroatoms. The van der Waals surface area contributed by atoms with Crippen LogP contribution in [0.15, 0.2) is 18.2 Å². The molecule has 0 aromatic heterocycles. The van der Waals surface area contributed by atoms with Crippen LogP contribution in [0.5, 0.6) is 0 Å². The van der Waals surface area contributed by atoms with Crippen molar-refractivity contribution in [2.24, 2.45) is 5.73 Å². The van der Waals surface area contributed by atoms with Crippen LogP contribution >= 0.6 is 11.6 Å². The summed E-state index contributed by atoms with van der Waals surface area (Å²) in [6, 6.07) is 4.96. The Morgan fingerprint density at radius 2 is 2.09 bits per heavy atom. The van der Waals surface area contributed by atoms with Crippen LogP contribution in [0.4, 0.5) is 5.69 Å². The lowest BCUT2D eigenvalue weighted by atomic mass is 10.2. The predicted molar refractivity (Wildman–Crippen MR) is 45.0 cm³/mol. The standard InChI is InChI=1S/C7H9ClN2O/c8-6-4(7(10)11)2-1-3-5(6)9/h1-3,7,11H,9-10H2. The largest absolute Gasteiger partial charge is 0.398 e. The third-order valence-corrected chi connectivity index (χ3v) is 1.81. The van der Waals surface area contributed by atoms with Gasteiger partial charge in [0.25, 0.3) is 0 Å².